The van der Waals surface area contributed by atoms with Crippen molar-refractivity contribution in [3.8, 4) is 0 Å². The Morgan fingerprint density at radius 2 is 2.18 bits per heavy atom. The van der Waals surface area contributed by atoms with E-state index >= 15 is 0 Å². The highest BCUT2D eigenvalue weighted by molar-refractivity contribution is 5.69. The average molecular weight is 314 g/mol. The van der Waals surface area contributed by atoms with Gasteiger partial charge in [-0.3, -0.25) is 4.79 Å². The zero-order valence-corrected chi connectivity index (χ0v) is 11.6. The number of nitrogens with zero attached hydrogens (tertiary/aromatic N) is 1. The van der Waals surface area contributed by atoms with Crippen molar-refractivity contribution >= 4 is 17.7 Å². The number of nitrogens with one attached hydrogen (secondary N) is 1. The molecule has 2 rings (SSSR count). The number of halogens is 3. The molecule has 0 bridgehead atoms. The molecule has 0 saturated carbocycles. The van der Waals surface area contributed by atoms with E-state index < -0.39 is 11.9 Å². The van der Waals surface area contributed by atoms with E-state index in [0.717, 1.165) is 5.56 Å². The van der Waals surface area contributed by atoms with Gasteiger partial charge in [-0.1, -0.05) is 12.1 Å². The second-order valence-electron chi connectivity index (χ2n) is 4.44. The second kappa shape index (κ2) is 6.50. The maximum Gasteiger partial charge on any atom is 0.436 e. The quantitative estimate of drug-likeness (QED) is 0.855. The van der Waals surface area contributed by atoms with Gasteiger partial charge in [0.25, 0.3) is 6.01 Å². The Morgan fingerprint density at radius 3 is 2.82 bits per heavy atom. The number of ether oxygens (including phenoxy) is 1. The predicted molar refractivity (Wildman–Crippen MR) is 71.6 cm³/mol. The van der Waals surface area contributed by atoms with E-state index in [1.54, 1.807) is 24.3 Å². The van der Waals surface area contributed by atoms with E-state index in [1.165, 1.54) is 7.11 Å². The fraction of sp³-hybridized carbons (Fsp3) is 0.286. The SMILES string of the molecule is COC(=O)CCc1cccc(Nc2nc(C(F)(F)F)co2)c1. The lowest BCUT2D eigenvalue weighted by atomic mass is 10.1. The number of oxazole rings is 1. The lowest BCUT2D eigenvalue weighted by Crippen LogP contribution is -2.05. The molecule has 1 aromatic carbocycles. The van der Waals surface area contributed by atoms with Gasteiger partial charge in [-0.2, -0.15) is 18.2 Å². The zero-order valence-electron chi connectivity index (χ0n) is 11.6. The molecule has 0 saturated heterocycles. The maximum atomic E-state index is 12.4. The number of alkyl halides is 3. The Kier molecular flexibility index (Phi) is 4.69. The van der Waals surface area contributed by atoms with Crippen LogP contribution in [-0.4, -0.2) is 18.1 Å². The largest absolute Gasteiger partial charge is 0.469 e. The van der Waals surface area contributed by atoms with Gasteiger partial charge in [0.2, 0.25) is 0 Å². The van der Waals surface area contributed by atoms with Crippen LogP contribution in [0.1, 0.15) is 17.7 Å². The smallest absolute Gasteiger partial charge is 0.436 e. The minimum absolute atomic E-state index is 0.219. The third kappa shape index (κ3) is 4.24. The first-order chi connectivity index (χ1) is 10.4. The number of hydrogen-bond donors (Lipinski definition) is 1. The highest BCUT2D eigenvalue weighted by Crippen LogP contribution is 2.30. The van der Waals surface area contributed by atoms with Gasteiger partial charge in [-0.05, 0) is 24.1 Å². The summed E-state index contributed by atoms with van der Waals surface area (Å²) in [5.74, 6) is -0.333. The first-order valence-electron chi connectivity index (χ1n) is 6.34. The molecule has 0 radical (unpaired) electrons. The second-order valence-corrected chi connectivity index (χ2v) is 4.44. The molecule has 1 N–H and O–H groups in total. The Morgan fingerprint density at radius 1 is 1.41 bits per heavy atom. The van der Waals surface area contributed by atoms with E-state index in [0.29, 0.717) is 18.4 Å². The monoisotopic (exact) mass is 314 g/mol. The summed E-state index contributed by atoms with van der Waals surface area (Å²) in [6, 6.07) is 6.60. The number of carbonyl (C=O) groups is 1. The summed E-state index contributed by atoms with van der Waals surface area (Å²) >= 11 is 0. The lowest BCUT2D eigenvalue weighted by Gasteiger charge is -2.05. The third-order valence-corrected chi connectivity index (χ3v) is 2.82. The lowest BCUT2D eigenvalue weighted by molar-refractivity contribution is -0.141. The third-order valence-electron chi connectivity index (χ3n) is 2.82. The highest BCUT2D eigenvalue weighted by Gasteiger charge is 2.34. The molecule has 0 atom stereocenters. The van der Waals surface area contributed by atoms with Crippen molar-refractivity contribution < 1.29 is 27.1 Å². The van der Waals surface area contributed by atoms with Crippen LogP contribution in [0.5, 0.6) is 0 Å². The van der Waals surface area contributed by atoms with Crippen molar-refractivity contribution in [3.05, 3.63) is 41.8 Å². The molecule has 1 aromatic heterocycles. The molecule has 0 amide bonds. The average Bonchev–Trinajstić information content (AvgIpc) is 2.94. The van der Waals surface area contributed by atoms with Crippen molar-refractivity contribution in [3.63, 3.8) is 0 Å². The number of aryl methyl sites for hydroxylation is 1. The fourth-order valence-corrected chi connectivity index (χ4v) is 1.74. The van der Waals surface area contributed by atoms with Crippen LogP contribution in [0.2, 0.25) is 0 Å². The standard InChI is InChI=1S/C14H13F3N2O3/c1-21-12(20)6-5-9-3-2-4-10(7-9)18-13-19-11(8-22-13)14(15,16)17/h2-4,7-8H,5-6H2,1H3,(H,18,19). The van der Waals surface area contributed by atoms with Crippen molar-refractivity contribution in [1.82, 2.24) is 4.98 Å². The summed E-state index contributed by atoms with van der Waals surface area (Å²) in [6.07, 6.45) is -3.33. The van der Waals surface area contributed by atoms with Gasteiger partial charge in [-0.15, -0.1) is 0 Å². The number of rotatable bonds is 5. The van der Waals surface area contributed by atoms with Crippen molar-refractivity contribution in [2.24, 2.45) is 0 Å². The number of aromatic nitrogens is 1. The predicted octanol–water partition coefficient (Wildman–Crippen LogP) is 3.54. The zero-order chi connectivity index (χ0) is 16.2. The van der Waals surface area contributed by atoms with Crippen LogP contribution in [0.4, 0.5) is 24.9 Å². The highest BCUT2D eigenvalue weighted by atomic mass is 19.4. The molecule has 5 nitrogen and oxygen atoms in total. The van der Waals surface area contributed by atoms with Gasteiger partial charge in [0.1, 0.15) is 6.26 Å². The minimum Gasteiger partial charge on any atom is -0.469 e. The summed E-state index contributed by atoms with van der Waals surface area (Å²) in [6.45, 7) is 0. The molecular formula is C14H13F3N2O3. The molecule has 0 aliphatic carbocycles. The number of methoxy groups -OCH3 is 1. The molecule has 22 heavy (non-hydrogen) atoms. The molecule has 118 valence electrons. The Bertz CT molecular complexity index is 653. The van der Waals surface area contributed by atoms with Gasteiger partial charge in [0, 0.05) is 12.1 Å². The van der Waals surface area contributed by atoms with Gasteiger partial charge in [0.05, 0.1) is 7.11 Å². The number of anilines is 2. The Hall–Kier alpha value is -2.51. The van der Waals surface area contributed by atoms with Crippen LogP contribution in [0.25, 0.3) is 0 Å². The maximum absolute atomic E-state index is 12.4. The van der Waals surface area contributed by atoms with Crippen LogP contribution >= 0.6 is 0 Å². The summed E-state index contributed by atoms with van der Waals surface area (Å²) in [5, 5.41) is 2.64. The van der Waals surface area contributed by atoms with Crippen molar-refractivity contribution in [1.29, 1.82) is 0 Å². The van der Waals surface area contributed by atoms with Gasteiger partial charge in [0.15, 0.2) is 5.69 Å². The number of benzene rings is 1. The van der Waals surface area contributed by atoms with Crippen LogP contribution in [-0.2, 0) is 22.1 Å². The minimum atomic E-state index is -4.55. The molecule has 1 heterocycles. The molecule has 0 fully saturated rings. The van der Waals surface area contributed by atoms with E-state index in [9.17, 15) is 18.0 Å². The van der Waals surface area contributed by atoms with E-state index in [1.807, 2.05) is 0 Å². The number of carbonyl (C=O) groups excluding carboxylic acids is 1. The first kappa shape index (κ1) is 15.9. The van der Waals surface area contributed by atoms with E-state index in [-0.39, 0.29) is 18.4 Å². The van der Waals surface area contributed by atoms with Gasteiger partial charge in [-0.25, -0.2) is 0 Å². The first-order valence-corrected chi connectivity index (χ1v) is 6.34. The molecule has 0 unspecified atom stereocenters. The van der Waals surface area contributed by atoms with Gasteiger partial charge < -0.3 is 14.5 Å². The molecule has 2 aromatic rings. The number of esters is 1. The summed E-state index contributed by atoms with van der Waals surface area (Å²) in [7, 11) is 1.31. The van der Waals surface area contributed by atoms with Crippen LogP contribution in [0.3, 0.4) is 0 Å². The summed E-state index contributed by atoms with van der Waals surface area (Å²) in [4.78, 5) is 14.4. The summed E-state index contributed by atoms with van der Waals surface area (Å²) < 4.78 is 46.5. The van der Waals surface area contributed by atoms with Gasteiger partial charge >= 0.3 is 12.1 Å². The normalized spacial score (nSPS) is 11.3. The Labute approximate surface area is 124 Å². The van der Waals surface area contributed by atoms with Crippen LogP contribution < -0.4 is 5.32 Å². The molecule has 8 heteroatoms. The summed E-state index contributed by atoms with van der Waals surface area (Å²) in [5.41, 5.74) is 0.243. The molecule has 0 aliphatic heterocycles. The van der Waals surface area contributed by atoms with Crippen LogP contribution in [0, 0.1) is 0 Å². The van der Waals surface area contributed by atoms with Crippen molar-refractivity contribution in [2.45, 2.75) is 19.0 Å². The fourth-order valence-electron chi connectivity index (χ4n) is 1.74. The molecular weight excluding hydrogens is 301 g/mol. The van der Waals surface area contributed by atoms with Crippen molar-refractivity contribution in [2.75, 3.05) is 12.4 Å². The van der Waals surface area contributed by atoms with E-state index in [2.05, 4.69) is 15.0 Å². The topological polar surface area (TPSA) is 64.4 Å². The van der Waals surface area contributed by atoms with E-state index in [4.69, 9.17) is 4.42 Å². The molecule has 0 spiro atoms. The van der Waals surface area contributed by atoms with Crippen LogP contribution in [0.15, 0.2) is 34.9 Å². The Balaban J connectivity index is 2.04. The number of hydrogen-bond acceptors (Lipinski definition) is 5. The molecule has 0 aliphatic rings.